The molecule has 6 nitrogen and oxygen atoms in total. The van der Waals surface area contributed by atoms with Gasteiger partial charge < -0.3 is 9.52 Å². The standard InChI is InChI=1S/C9H13NO5S/c1-2-5-16(13,14)10-6-7-3-4-8(15-7)9(11)12/h3-4,10H,2,5-6H2,1H3,(H,11,12). The van der Waals surface area contributed by atoms with Gasteiger partial charge in [-0.1, -0.05) is 6.92 Å². The average Bonchev–Trinajstić information content (AvgIpc) is 2.63. The molecule has 0 aromatic carbocycles. The summed E-state index contributed by atoms with van der Waals surface area (Å²) in [7, 11) is -3.30. The van der Waals surface area contributed by atoms with E-state index in [1.807, 2.05) is 0 Å². The number of carbonyl (C=O) groups is 1. The normalized spacial score (nSPS) is 11.6. The first-order valence-electron chi connectivity index (χ1n) is 4.74. The fourth-order valence-corrected chi connectivity index (χ4v) is 2.15. The van der Waals surface area contributed by atoms with Crippen LogP contribution in [-0.4, -0.2) is 25.2 Å². The summed E-state index contributed by atoms with van der Waals surface area (Å²) in [5.41, 5.74) is 0. The van der Waals surface area contributed by atoms with Gasteiger partial charge in [-0.3, -0.25) is 0 Å². The first kappa shape index (κ1) is 12.7. The van der Waals surface area contributed by atoms with Gasteiger partial charge in [0.2, 0.25) is 15.8 Å². The van der Waals surface area contributed by atoms with Crippen molar-refractivity contribution in [2.24, 2.45) is 0 Å². The van der Waals surface area contributed by atoms with Crippen molar-refractivity contribution in [3.05, 3.63) is 23.7 Å². The maximum atomic E-state index is 11.3. The SMILES string of the molecule is CCCS(=O)(=O)NCc1ccc(C(=O)O)o1. The number of rotatable bonds is 6. The van der Waals surface area contributed by atoms with Crippen LogP contribution in [0.5, 0.6) is 0 Å². The second-order valence-electron chi connectivity index (χ2n) is 3.21. The summed E-state index contributed by atoms with van der Waals surface area (Å²) in [4.78, 5) is 10.5. The zero-order valence-corrected chi connectivity index (χ0v) is 9.58. The van der Waals surface area contributed by atoms with Crippen molar-refractivity contribution in [1.82, 2.24) is 4.72 Å². The molecule has 7 heteroatoms. The van der Waals surface area contributed by atoms with Crippen molar-refractivity contribution in [3.8, 4) is 0 Å². The van der Waals surface area contributed by atoms with E-state index in [2.05, 4.69) is 4.72 Å². The van der Waals surface area contributed by atoms with Crippen LogP contribution in [0.2, 0.25) is 0 Å². The van der Waals surface area contributed by atoms with Crippen molar-refractivity contribution in [2.75, 3.05) is 5.75 Å². The predicted octanol–water partition coefficient (Wildman–Crippen LogP) is 0.807. The summed E-state index contributed by atoms with van der Waals surface area (Å²) in [6, 6.07) is 2.71. The third-order valence-electron chi connectivity index (χ3n) is 1.81. The van der Waals surface area contributed by atoms with Crippen molar-refractivity contribution in [2.45, 2.75) is 19.9 Å². The Labute approximate surface area is 93.3 Å². The van der Waals surface area contributed by atoms with E-state index >= 15 is 0 Å². The van der Waals surface area contributed by atoms with Crippen LogP contribution in [0.25, 0.3) is 0 Å². The second-order valence-corrected chi connectivity index (χ2v) is 5.14. The third kappa shape index (κ3) is 3.67. The fraction of sp³-hybridized carbons (Fsp3) is 0.444. The monoisotopic (exact) mass is 247 g/mol. The Bertz CT molecular complexity index is 462. The predicted molar refractivity (Wildman–Crippen MR) is 56.6 cm³/mol. The Kier molecular flexibility index (Phi) is 4.08. The molecule has 0 spiro atoms. The molecule has 16 heavy (non-hydrogen) atoms. The number of carboxylic acid groups (broad SMARTS) is 1. The first-order chi connectivity index (χ1) is 7.44. The molecule has 0 amide bonds. The molecule has 0 saturated carbocycles. The smallest absolute Gasteiger partial charge is 0.371 e. The molecule has 0 atom stereocenters. The number of carboxylic acids is 1. The summed E-state index contributed by atoms with van der Waals surface area (Å²) in [6.45, 7) is 1.73. The van der Waals surface area contributed by atoms with Gasteiger partial charge in [-0.25, -0.2) is 17.9 Å². The molecule has 0 aliphatic rings. The quantitative estimate of drug-likeness (QED) is 0.775. The molecule has 0 unspecified atom stereocenters. The summed E-state index contributed by atoms with van der Waals surface area (Å²) >= 11 is 0. The summed E-state index contributed by atoms with van der Waals surface area (Å²) in [5.74, 6) is -1.07. The highest BCUT2D eigenvalue weighted by Gasteiger charge is 2.12. The number of hydrogen-bond donors (Lipinski definition) is 2. The van der Waals surface area contributed by atoms with Crippen molar-refractivity contribution >= 4 is 16.0 Å². The number of sulfonamides is 1. The molecule has 0 fully saturated rings. The summed E-state index contributed by atoms with van der Waals surface area (Å²) in [6.07, 6.45) is 0.522. The van der Waals surface area contributed by atoms with Gasteiger partial charge in [-0.2, -0.15) is 0 Å². The number of furan rings is 1. The van der Waals surface area contributed by atoms with Crippen LogP contribution < -0.4 is 4.72 Å². The van der Waals surface area contributed by atoms with Crippen LogP contribution in [0, 0.1) is 0 Å². The number of hydrogen-bond acceptors (Lipinski definition) is 4. The lowest BCUT2D eigenvalue weighted by atomic mass is 10.4. The molecule has 0 aliphatic heterocycles. The maximum Gasteiger partial charge on any atom is 0.371 e. The van der Waals surface area contributed by atoms with E-state index in [4.69, 9.17) is 9.52 Å². The molecule has 1 heterocycles. The molecule has 0 saturated heterocycles. The highest BCUT2D eigenvalue weighted by Crippen LogP contribution is 2.07. The van der Waals surface area contributed by atoms with Crippen molar-refractivity contribution < 1.29 is 22.7 Å². The summed E-state index contributed by atoms with van der Waals surface area (Å²) < 4.78 is 29.8. The Balaban J connectivity index is 2.58. The zero-order valence-electron chi connectivity index (χ0n) is 8.76. The van der Waals surface area contributed by atoms with Crippen LogP contribution >= 0.6 is 0 Å². The van der Waals surface area contributed by atoms with Gasteiger partial charge in [0, 0.05) is 0 Å². The molecule has 1 aromatic heterocycles. The minimum atomic E-state index is -3.30. The second kappa shape index (κ2) is 5.13. The van der Waals surface area contributed by atoms with Gasteiger partial charge in [-0.05, 0) is 18.6 Å². The average molecular weight is 247 g/mol. The molecular formula is C9H13NO5S. The maximum absolute atomic E-state index is 11.3. The van der Waals surface area contributed by atoms with Gasteiger partial charge in [0.05, 0.1) is 12.3 Å². The lowest BCUT2D eigenvalue weighted by Gasteiger charge is -2.02. The minimum absolute atomic E-state index is 0.0321. The van der Waals surface area contributed by atoms with Crippen LogP contribution in [0.3, 0.4) is 0 Å². The molecule has 90 valence electrons. The Morgan fingerprint density at radius 1 is 1.50 bits per heavy atom. The summed E-state index contributed by atoms with van der Waals surface area (Å²) in [5, 5.41) is 8.58. The largest absolute Gasteiger partial charge is 0.475 e. The molecular weight excluding hydrogens is 234 g/mol. The van der Waals surface area contributed by atoms with E-state index in [1.54, 1.807) is 6.92 Å². The first-order valence-corrected chi connectivity index (χ1v) is 6.39. The highest BCUT2D eigenvalue weighted by atomic mass is 32.2. The van der Waals surface area contributed by atoms with E-state index < -0.39 is 16.0 Å². The zero-order chi connectivity index (χ0) is 12.2. The third-order valence-corrected chi connectivity index (χ3v) is 3.34. The number of aromatic carboxylic acids is 1. The van der Waals surface area contributed by atoms with Gasteiger partial charge in [0.15, 0.2) is 0 Å². The van der Waals surface area contributed by atoms with E-state index in [1.165, 1.54) is 12.1 Å². The lowest BCUT2D eigenvalue weighted by molar-refractivity contribution is 0.0660. The molecule has 0 aliphatic carbocycles. The van der Waals surface area contributed by atoms with Crippen molar-refractivity contribution in [3.63, 3.8) is 0 Å². The van der Waals surface area contributed by atoms with E-state index in [0.717, 1.165) is 0 Å². The Morgan fingerprint density at radius 3 is 2.69 bits per heavy atom. The topological polar surface area (TPSA) is 96.6 Å². The Morgan fingerprint density at radius 2 is 2.19 bits per heavy atom. The van der Waals surface area contributed by atoms with Gasteiger partial charge >= 0.3 is 5.97 Å². The molecule has 1 aromatic rings. The highest BCUT2D eigenvalue weighted by molar-refractivity contribution is 7.89. The van der Waals surface area contributed by atoms with Crippen LogP contribution in [0.4, 0.5) is 0 Å². The van der Waals surface area contributed by atoms with Crippen LogP contribution in [-0.2, 0) is 16.6 Å². The van der Waals surface area contributed by atoms with Gasteiger partial charge in [0.25, 0.3) is 0 Å². The lowest BCUT2D eigenvalue weighted by Crippen LogP contribution is -2.25. The Hall–Kier alpha value is -1.34. The molecule has 1 rings (SSSR count). The molecule has 2 N–H and O–H groups in total. The number of nitrogens with one attached hydrogen (secondary N) is 1. The van der Waals surface area contributed by atoms with Gasteiger partial charge in [-0.15, -0.1) is 0 Å². The van der Waals surface area contributed by atoms with E-state index in [-0.39, 0.29) is 23.8 Å². The molecule has 0 radical (unpaired) electrons. The molecule has 0 bridgehead atoms. The van der Waals surface area contributed by atoms with Crippen LogP contribution in [0.1, 0.15) is 29.7 Å². The fourth-order valence-electron chi connectivity index (χ4n) is 1.11. The van der Waals surface area contributed by atoms with Gasteiger partial charge in [0.1, 0.15) is 5.76 Å². The van der Waals surface area contributed by atoms with E-state index in [9.17, 15) is 13.2 Å². The minimum Gasteiger partial charge on any atom is -0.475 e. The van der Waals surface area contributed by atoms with E-state index in [0.29, 0.717) is 6.42 Å². The van der Waals surface area contributed by atoms with Crippen LogP contribution in [0.15, 0.2) is 16.5 Å². The van der Waals surface area contributed by atoms with Crippen molar-refractivity contribution in [1.29, 1.82) is 0 Å².